The Morgan fingerprint density at radius 1 is 1.29 bits per heavy atom. The summed E-state index contributed by atoms with van der Waals surface area (Å²) >= 11 is 9.77. The molecule has 1 atom stereocenters. The smallest absolute Gasteiger partial charge is 0.0462 e. The van der Waals surface area contributed by atoms with Gasteiger partial charge in [0.05, 0.1) is 0 Å². The monoisotopic (exact) mass is 318 g/mol. The summed E-state index contributed by atoms with van der Waals surface area (Å²) in [5.74, 6) is 0.659. The van der Waals surface area contributed by atoms with E-state index in [1.54, 1.807) is 7.11 Å². The highest BCUT2D eigenvalue weighted by Gasteiger charge is 2.10. The van der Waals surface area contributed by atoms with Crippen LogP contribution in [0.25, 0.3) is 0 Å². The topological polar surface area (TPSA) is 9.23 Å². The maximum absolute atomic E-state index is 6.17. The second-order valence-electron chi connectivity index (χ2n) is 4.30. The van der Waals surface area contributed by atoms with Crippen molar-refractivity contribution in [2.24, 2.45) is 5.92 Å². The van der Waals surface area contributed by atoms with Gasteiger partial charge in [-0.2, -0.15) is 0 Å². The van der Waals surface area contributed by atoms with Crippen molar-refractivity contribution < 1.29 is 4.74 Å². The maximum atomic E-state index is 6.17. The zero-order chi connectivity index (χ0) is 12.5. The quantitative estimate of drug-likeness (QED) is 0.498. The normalized spacial score (nSPS) is 12.6. The molecule has 96 valence electrons. The van der Waals surface area contributed by atoms with Gasteiger partial charge in [-0.1, -0.05) is 52.2 Å². The molecule has 0 saturated heterocycles. The van der Waals surface area contributed by atoms with Gasteiger partial charge in [0, 0.05) is 24.1 Å². The minimum atomic E-state index is 0.659. The molecule has 0 saturated carbocycles. The van der Waals surface area contributed by atoms with E-state index in [0.717, 1.165) is 29.8 Å². The molecule has 0 aromatic heterocycles. The minimum Gasteiger partial charge on any atom is -0.385 e. The molecule has 1 nitrogen and oxygen atoms in total. The number of hydrogen-bond donors (Lipinski definition) is 0. The van der Waals surface area contributed by atoms with Crippen LogP contribution in [0.5, 0.6) is 0 Å². The van der Waals surface area contributed by atoms with E-state index in [0.29, 0.717) is 5.92 Å². The molecule has 0 aliphatic heterocycles. The number of halogens is 2. The summed E-state index contributed by atoms with van der Waals surface area (Å²) in [5.41, 5.74) is 1.25. The average Bonchev–Trinajstić information content (AvgIpc) is 2.35. The maximum Gasteiger partial charge on any atom is 0.0462 e. The van der Waals surface area contributed by atoms with Crippen LogP contribution in [0.4, 0.5) is 0 Å². The molecule has 3 heteroatoms. The molecular weight excluding hydrogens is 300 g/mol. The van der Waals surface area contributed by atoms with Crippen molar-refractivity contribution in [2.45, 2.75) is 25.7 Å². The number of hydrogen-bond acceptors (Lipinski definition) is 1. The van der Waals surface area contributed by atoms with E-state index >= 15 is 0 Å². The van der Waals surface area contributed by atoms with Crippen molar-refractivity contribution in [3.05, 3.63) is 34.9 Å². The van der Waals surface area contributed by atoms with Crippen LogP contribution in [0.1, 0.15) is 24.8 Å². The highest BCUT2D eigenvalue weighted by molar-refractivity contribution is 9.09. The van der Waals surface area contributed by atoms with Crippen LogP contribution in [0.3, 0.4) is 0 Å². The number of methoxy groups -OCH3 is 1. The molecule has 0 bridgehead atoms. The lowest BCUT2D eigenvalue weighted by Crippen LogP contribution is -2.07. The molecule has 0 aliphatic carbocycles. The first-order valence-corrected chi connectivity index (χ1v) is 7.56. The van der Waals surface area contributed by atoms with Crippen LogP contribution >= 0.6 is 27.5 Å². The van der Waals surface area contributed by atoms with Gasteiger partial charge in [-0.25, -0.2) is 0 Å². The Morgan fingerprint density at radius 2 is 2.06 bits per heavy atom. The first-order valence-electron chi connectivity index (χ1n) is 6.06. The fraction of sp³-hybridized carbons (Fsp3) is 0.571. The largest absolute Gasteiger partial charge is 0.385 e. The van der Waals surface area contributed by atoms with Gasteiger partial charge in [-0.3, -0.25) is 0 Å². The number of benzene rings is 1. The van der Waals surface area contributed by atoms with Crippen LogP contribution in [0, 0.1) is 5.92 Å². The van der Waals surface area contributed by atoms with Crippen LogP contribution < -0.4 is 0 Å². The molecule has 17 heavy (non-hydrogen) atoms. The van der Waals surface area contributed by atoms with Crippen molar-refractivity contribution in [1.29, 1.82) is 0 Å². The van der Waals surface area contributed by atoms with Crippen molar-refractivity contribution in [1.82, 2.24) is 0 Å². The fourth-order valence-corrected chi connectivity index (χ4v) is 2.65. The Kier molecular flexibility index (Phi) is 7.91. The summed E-state index contributed by atoms with van der Waals surface area (Å²) in [6.07, 6.45) is 4.63. The number of ether oxygens (including phenoxy) is 1. The Labute approximate surface area is 118 Å². The Morgan fingerprint density at radius 3 is 2.71 bits per heavy atom. The zero-order valence-electron chi connectivity index (χ0n) is 10.3. The van der Waals surface area contributed by atoms with E-state index in [1.807, 2.05) is 12.1 Å². The molecule has 0 fully saturated rings. The second-order valence-corrected chi connectivity index (χ2v) is 5.36. The summed E-state index contributed by atoms with van der Waals surface area (Å²) in [6.45, 7) is 0.862. The molecule has 1 unspecified atom stereocenters. The van der Waals surface area contributed by atoms with E-state index in [1.165, 1.54) is 18.4 Å². The summed E-state index contributed by atoms with van der Waals surface area (Å²) in [7, 11) is 1.76. The van der Waals surface area contributed by atoms with Gasteiger partial charge >= 0.3 is 0 Å². The fourth-order valence-electron chi connectivity index (χ4n) is 1.89. The Bertz CT molecular complexity index is 317. The first kappa shape index (κ1) is 15.0. The predicted octanol–water partition coefficient (Wildman–Crippen LogP) is 4.71. The van der Waals surface area contributed by atoms with Gasteiger partial charge in [0.2, 0.25) is 0 Å². The van der Waals surface area contributed by atoms with E-state index in [2.05, 4.69) is 28.1 Å². The van der Waals surface area contributed by atoms with Crippen molar-refractivity contribution in [3.8, 4) is 0 Å². The molecule has 0 amide bonds. The molecule has 1 aromatic carbocycles. The minimum absolute atomic E-state index is 0.659. The zero-order valence-corrected chi connectivity index (χ0v) is 12.6. The third kappa shape index (κ3) is 5.89. The lowest BCUT2D eigenvalue weighted by molar-refractivity contribution is 0.190. The summed E-state index contributed by atoms with van der Waals surface area (Å²) in [6, 6.07) is 8.12. The van der Waals surface area contributed by atoms with E-state index in [-0.39, 0.29) is 0 Å². The molecule has 1 aromatic rings. The van der Waals surface area contributed by atoms with E-state index in [4.69, 9.17) is 16.3 Å². The van der Waals surface area contributed by atoms with Gasteiger partial charge in [0.1, 0.15) is 0 Å². The summed E-state index contributed by atoms with van der Waals surface area (Å²) in [4.78, 5) is 0. The van der Waals surface area contributed by atoms with Crippen LogP contribution in [-0.4, -0.2) is 19.0 Å². The molecule has 0 spiro atoms. The second kappa shape index (κ2) is 8.96. The number of alkyl halides is 1. The highest BCUT2D eigenvalue weighted by atomic mass is 79.9. The van der Waals surface area contributed by atoms with Crippen LogP contribution in [0.15, 0.2) is 24.3 Å². The molecule has 0 heterocycles. The third-order valence-corrected chi connectivity index (χ3v) is 4.18. The molecule has 0 aliphatic rings. The molecular formula is C14H20BrClO. The van der Waals surface area contributed by atoms with Crippen LogP contribution in [-0.2, 0) is 11.2 Å². The summed E-state index contributed by atoms with van der Waals surface area (Å²) in [5, 5.41) is 1.92. The number of unbranched alkanes of at least 4 members (excludes halogenated alkanes) is 1. The molecule has 0 radical (unpaired) electrons. The van der Waals surface area contributed by atoms with Crippen molar-refractivity contribution >= 4 is 27.5 Å². The number of rotatable bonds is 8. The van der Waals surface area contributed by atoms with Crippen molar-refractivity contribution in [3.63, 3.8) is 0 Å². The van der Waals surface area contributed by atoms with E-state index < -0.39 is 0 Å². The van der Waals surface area contributed by atoms with Gasteiger partial charge in [0.25, 0.3) is 0 Å². The third-order valence-electron chi connectivity index (χ3n) is 2.90. The van der Waals surface area contributed by atoms with Gasteiger partial charge in [0.15, 0.2) is 0 Å². The van der Waals surface area contributed by atoms with Crippen molar-refractivity contribution in [2.75, 3.05) is 19.0 Å². The first-order chi connectivity index (χ1) is 8.27. The lowest BCUT2D eigenvalue weighted by atomic mass is 9.96. The Hall–Kier alpha value is -0.0500. The standard InChI is InChI=1S/C14H20BrClO/c1-17-9-5-4-6-12(11-15)10-13-7-2-3-8-14(13)16/h2-3,7-8,12H,4-6,9-11H2,1H3. The van der Waals surface area contributed by atoms with Gasteiger partial charge in [-0.05, 0) is 36.8 Å². The van der Waals surface area contributed by atoms with E-state index in [9.17, 15) is 0 Å². The molecule has 1 rings (SSSR count). The Balaban J connectivity index is 2.38. The SMILES string of the molecule is COCCCCC(CBr)Cc1ccccc1Cl. The van der Waals surface area contributed by atoms with Gasteiger partial charge < -0.3 is 4.74 Å². The average molecular weight is 320 g/mol. The highest BCUT2D eigenvalue weighted by Crippen LogP contribution is 2.22. The van der Waals surface area contributed by atoms with Crippen LogP contribution in [0.2, 0.25) is 5.02 Å². The lowest BCUT2D eigenvalue weighted by Gasteiger charge is -2.14. The molecule has 0 N–H and O–H groups in total. The summed E-state index contributed by atoms with van der Waals surface area (Å²) < 4.78 is 5.06. The van der Waals surface area contributed by atoms with Gasteiger partial charge in [-0.15, -0.1) is 0 Å². The predicted molar refractivity (Wildman–Crippen MR) is 78.2 cm³/mol.